The maximum absolute atomic E-state index is 11.3. The molecule has 0 radical (unpaired) electrons. The van der Waals surface area contributed by atoms with Crippen LogP contribution in [0.25, 0.3) is 0 Å². The third kappa shape index (κ3) is 5.39. The standard InChI is InChI=1S/C15H24ClN3O/c1-11(2)18-10-12-5-6-14(13(16)9-12)19(4)8-7-15(20)17-3/h5-6,9,11,18H,7-8,10H2,1-4H3,(H,17,20). The molecule has 1 amide bonds. The number of benzene rings is 1. The minimum Gasteiger partial charge on any atom is -0.373 e. The molecule has 0 bridgehead atoms. The fourth-order valence-corrected chi connectivity index (χ4v) is 2.15. The van der Waals surface area contributed by atoms with E-state index in [9.17, 15) is 4.79 Å². The molecule has 2 N–H and O–H groups in total. The number of rotatable bonds is 7. The molecule has 1 rings (SSSR count). The summed E-state index contributed by atoms with van der Waals surface area (Å²) in [6.07, 6.45) is 0.458. The molecule has 0 heterocycles. The largest absolute Gasteiger partial charge is 0.373 e. The van der Waals surface area contributed by atoms with Crippen LogP contribution in [0.2, 0.25) is 5.02 Å². The van der Waals surface area contributed by atoms with Crippen LogP contribution in [0.15, 0.2) is 18.2 Å². The van der Waals surface area contributed by atoms with Crippen molar-refractivity contribution in [2.45, 2.75) is 32.9 Å². The minimum atomic E-state index is 0.0331. The Morgan fingerprint density at radius 2 is 2.10 bits per heavy atom. The maximum atomic E-state index is 11.3. The maximum Gasteiger partial charge on any atom is 0.221 e. The number of nitrogens with one attached hydrogen (secondary N) is 2. The summed E-state index contributed by atoms with van der Waals surface area (Å²) in [5.41, 5.74) is 2.11. The first-order valence-electron chi connectivity index (χ1n) is 6.87. The summed E-state index contributed by atoms with van der Waals surface area (Å²) in [6, 6.07) is 6.49. The second kappa shape index (κ2) is 8.12. The molecule has 0 atom stereocenters. The van der Waals surface area contributed by atoms with E-state index in [1.807, 2.05) is 24.1 Å². The van der Waals surface area contributed by atoms with E-state index in [2.05, 4.69) is 30.5 Å². The van der Waals surface area contributed by atoms with Crippen molar-refractivity contribution >= 4 is 23.2 Å². The van der Waals surface area contributed by atoms with E-state index < -0.39 is 0 Å². The smallest absolute Gasteiger partial charge is 0.221 e. The summed E-state index contributed by atoms with van der Waals surface area (Å²) in [7, 11) is 3.59. The predicted octanol–water partition coefficient (Wildman–Crippen LogP) is 2.41. The summed E-state index contributed by atoms with van der Waals surface area (Å²) >= 11 is 6.32. The summed E-state index contributed by atoms with van der Waals surface area (Å²) in [4.78, 5) is 13.3. The van der Waals surface area contributed by atoms with Gasteiger partial charge in [-0.25, -0.2) is 0 Å². The molecule has 4 nitrogen and oxygen atoms in total. The van der Waals surface area contributed by atoms with E-state index >= 15 is 0 Å². The molecule has 0 aliphatic heterocycles. The van der Waals surface area contributed by atoms with Crippen molar-refractivity contribution in [3.63, 3.8) is 0 Å². The van der Waals surface area contributed by atoms with Gasteiger partial charge in [0.15, 0.2) is 0 Å². The Morgan fingerprint density at radius 3 is 2.65 bits per heavy atom. The van der Waals surface area contributed by atoms with E-state index in [0.29, 0.717) is 24.0 Å². The monoisotopic (exact) mass is 297 g/mol. The Labute approximate surface area is 126 Å². The lowest BCUT2D eigenvalue weighted by molar-refractivity contribution is -0.120. The molecule has 1 aromatic rings. The van der Waals surface area contributed by atoms with Gasteiger partial charge in [-0.05, 0) is 17.7 Å². The fourth-order valence-electron chi connectivity index (χ4n) is 1.81. The van der Waals surface area contributed by atoms with Crippen molar-refractivity contribution in [1.29, 1.82) is 0 Å². The van der Waals surface area contributed by atoms with Crippen LogP contribution >= 0.6 is 11.6 Å². The van der Waals surface area contributed by atoms with Crippen molar-refractivity contribution in [2.75, 3.05) is 25.5 Å². The molecule has 0 aromatic heterocycles. The molecular weight excluding hydrogens is 274 g/mol. The van der Waals surface area contributed by atoms with Crippen molar-refractivity contribution in [1.82, 2.24) is 10.6 Å². The van der Waals surface area contributed by atoms with Gasteiger partial charge >= 0.3 is 0 Å². The van der Waals surface area contributed by atoms with E-state index in [1.165, 1.54) is 0 Å². The molecule has 0 fully saturated rings. The van der Waals surface area contributed by atoms with Gasteiger partial charge in [-0.1, -0.05) is 31.5 Å². The number of anilines is 1. The van der Waals surface area contributed by atoms with Crippen LogP contribution in [0.4, 0.5) is 5.69 Å². The SMILES string of the molecule is CNC(=O)CCN(C)c1ccc(CNC(C)C)cc1Cl. The highest BCUT2D eigenvalue weighted by molar-refractivity contribution is 6.33. The second-order valence-corrected chi connectivity index (χ2v) is 5.57. The topological polar surface area (TPSA) is 44.4 Å². The molecule has 0 spiro atoms. The van der Waals surface area contributed by atoms with Crippen molar-refractivity contribution in [3.8, 4) is 0 Å². The van der Waals surface area contributed by atoms with Crippen molar-refractivity contribution in [3.05, 3.63) is 28.8 Å². The van der Waals surface area contributed by atoms with Crippen LogP contribution in [0.5, 0.6) is 0 Å². The summed E-state index contributed by atoms with van der Waals surface area (Å²) in [5, 5.41) is 6.69. The lowest BCUT2D eigenvalue weighted by Crippen LogP contribution is -2.26. The third-order valence-corrected chi connectivity index (χ3v) is 3.39. The van der Waals surface area contributed by atoms with Crippen LogP contribution in [0.1, 0.15) is 25.8 Å². The minimum absolute atomic E-state index is 0.0331. The number of amides is 1. The zero-order chi connectivity index (χ0) is 15.1. The molecule has 0 aliphatic rings. The number of carbonyl (C=O) groups excluding carboxylic acids is 1. The van der Waals surface area contributed by atoms with E-state index in [0.717, 1.165) is 17.8 Å². The van der Waals surface area contributed by atoms with E-state index in [1.54, 1.807) is 7.05 Å². The molecule has 0 unspecified atom stereocenters. The van der Waals surface area contributed by atoms with Crippen LogP contribution in [-0.2, 0) is 11.3 Å². The predicted molar refractivity (Wildman–Crippen MR) is 85.4 cm³/mol. The quantitative estimate of drug-likeness (QED) is 0.812. The van der Waals surface area contributed by atoms with E-state index in [4.69, 9.17) is 11.6 Å². The van der Waals surface area contributed by atoms with Gasteiger partial charge in [-0.3, -0.25) is 4.79 Å². The Morgan fingerprint density at radius 1 is 1.40 bits per heavy atom. The molecule has 112 valence electrons. The van der Waals surface area contributed by atoms with Gasteiger partial charge in [0.2, 0.25) is 5.91 Å². The Balaban J connectivity index is 2.64. The molecule has 1 aromatic carbocycles. The molecule has 20 heavy (non-hydrogen) atoms. The van der Waals surface area contributed by atoms with Crippen molar-refractivity contribution < 1.29 is 4.79 Å². The summed E-state index contributed by atoms with van der Waals surface area (Å²) in [5.74, 6) is 0.0331. The highest BCUT2D eigenvalue weighted by Gasteiger charge is 2.09. The summed E-state index contributed by atoms with van der Waals surface area (Å²) in [6.45, 7) is 5.67. The van der Waals surface area contributed by atoms with Gasteiger partial charge in [0.05, 0.1) is 10.7 Å². The highest BCUT2D eigenvalue weighted by Crippen LogP contribution is 2.26. The zero-order valence-corrected chi connectivity index (χ0v) is 13.4. The summed E-state index contributed by atoms with van der Waals surface area (Å²) < 4.78 is 0. The first-order valence-corrected chi connectivity index (χ1v) is 7.25. The van der Waals surface area contributed by atoms with Gasteiger partial charge in [0, 0.05) is 39.6 Å². The van der Waals surface area contributed by atoms with Crippen LogP contribution in [0.3, 0.4) is 0 Å². The molecule has 5 heteroatoms. The van der Waals surface area contributed by atoms with Crippen LogP contribution in [-0.4, -0.2) is 32.6 Å². The number of hydrogen-bond acceptors (Lipinski definition) is 3. The van der Waals surface area contributed by atoms with Gasteiger partial charge in [-0.2, -0.15) is 0 Å². The van der Waals surface area contributed by atoms with Gasteiger partial charge in [-0.15, -0.1) is 0 Å². The Hall–Kier alpha value is -1.26. The number of hydrogen-bond donors (Lipinski definition) is 2. The second-order valence-electron chi connectivity index (χ2n) is 5.17. The van der Waals surface area contributed by atoms with Gasteiger partial charge < -0.3 is 15.5 Å². The normalized spacial score (nSPS) is 10.7. The van der Waals surface area contributed by atoms with Crippen LogP contribution < -0.4 is 15.5 Å². The van der Waals surface area contributed by atoms with Gasteiger partial charge in [0.1, 0.15) is 0 Å². The Kier molecular flexibility index (Phi) is 6.82. The lowest BCUT2D eigenvalue weighted by atomic mass is 10.2. The third-order valence-electron chi connectivity index (χ3n) is 3.09. The molecule has 0 aliphatic carbocycles. The Bertz CT molecular complexity index is 449. The molecule has 0 saturated heterocycles. The highest BCUT2D eigenvalue weighted by atomic mass is 35.5. The fraction of sp³-hybridized carbons (Fsp3) is 0.533. The first-order chi connectivity index (χ1) is 9.43. The number of halogens is 1. The van der Waals surface area contributed by atoms with Crippen LogP contribution in [0, 0.1) is 0 Å². The average Bonchev–Trinajstić information content (AvgIpc) is 2.42. The average molecular weight is 298 g/mol. The zero-order valence-electron chi connectivity index (χ0n) is 12.7. The van der Waals surface area contributed by atoms with Crippen molar-refractivity contribution in [2.24, 2.45) is 0 Å². The molecule has 0 saturated carbocycles. The number of carbonyl (C=O) groups is 1. The van der Waals surface area contributed by atoms with Gasteiger partial charge in [0.25, 0.3) is 0 Å². The lowest BCUT2D eigenvalue weighted by Gasteiger charge is -2.21. The number of nitrogens with zero attached hydrogens (tertiary/aromatic N) is 1. The first kappa shape index (κ1) is 16.8. The van der Waals surface area contributed by atoms with E-state index in [-0.39, 0.29) is 5.91 Å². The molecular formula is C15H24ClN3O.